The van der Waals surface area contributed by atoms with E-state index in [4.69, 9.17) is 0 Å². The van der Waals surface area contributed by atoms with Crippen molar-refractivity contribution in [2.75, 3.05) is 49.9 Å². The van der Waals surface area contributed by atoms with Crippen molar-refractivity contribution >= 4 is 15.7 Å². The normalized spacial score (nSPS) is 16.7. The molecule has 1 heterocycles. The Morgan fingerprint density at radius 1 is 1.17 bits per heavy atom. The van der Waals surface area contributed by atoms with Crippen molar-refractivity contribution in [2.24, 2.45) is 0 Å². The van der Waals surface area contributed by atoms with Gasteiger partial charge in [-0.1, -0.05) is 25.5 Å². The van der Waals surface area contributed by atoms with Gasteiger partial charge >= 0.3 is 0 Å². The third kappa shape index (κ3) is 5.75. The van der Waals surface area contributed by atoms with E-state index < -0.39 is 10.0 Å². The maximum absolute atomic E-state index is 13.8. The molecule has 1 aliphatic rings. The summed E-state index contributed by atoms with van der Waals surface area (Å²) in [5.74, 6) is 0.00882. The number of rotatable bonds is 8. The fourth-order valence-electron chi connectivity index (χ4n) is 2.69. The number of hydrogen-bond acceptors (Lipinski definition) is 4. The zero-order valence-electron chi connectivity index (χ0n) is 13.7. The van der Waals surface area contributed by atoms with Gasteiger partial charge in [0.15, 0.2) is 0 Å². The van der Waals surface area contributed by atoms with Gasteiger partial charge in [0.05, 0.1) is 11.4 Å². The third-order valence-electron chi connectivity index (χ3n) is 4.08. The molecule has 0 saturated carbocycles. The molecule has 1 aromatic carbocycles. The number of hydrogen-bond donors (Lipinski definition) is 1. The summed E-state index contributed by atoms with van der Waals surface area (Å²) in [4.78, 5) is 4.25. The molecule has 0 aromatic heterocycles. The van der Waals surface area contributed by atoms with Crippen LogP contribution in [0.3, 0.4) is 0 Å². The van der Waals surface area contributed by atoms with Crippen molar-refractivity contribution in [3.63, 3.8) is 0 Å². The second-order valence-corrected chi connectivity index (χ2v) is 7.77. The van der Waals surface area contributed by atoms with Crippen molar-refractivity contribution in [1.82, 2.24) is 9.62 Å². The molecule has 2 rings (SSSR count). The lowest BCUT2D eigenvalue weighted by Gasteiger charge is -2.36. The molecule has 0 unspecified atom stereocenters. The molecule has 0 atom stereocenters. The summed E-state index contributed by atoms with van der Waals surface area (Å²) in [6.45, 7) is 6.23. The molecule has 1 fully saturated rings. The largest absolute Gasteiger partial charge is 0.367 e. The van der Waals surface area contributed by atoms with E-state index in [1.807, 2.05) is 17.9 Å². The summed E-state index contributed by atoms with van der Waals surface area (Å²) >= 11 is 0. The number of para-hydroxylation sites is 1. The van der Waals surface area contributed by atoms with Crippen LogP contribution in [0.1, 0.15) is 19.8 Å². The Morgan fingerprint density at radius 3 is 2.52 bits per heavy atom. The second-order valence-electron chi connectivity index (χ2n) is 5.85. The monoisotopic (exact) mass is 343 g/mol. The van der Waals surface area contributed by atoms with Gasteiger partial charge < -0.3 is 4.90 Å². The first-order valence-electron chi connectivity index (χ1n) is 8.21. The Morgan fingerprint density at radius 2 is 1.87 bits per heavy atom. The van der Waals surface area contributed by atoms with Crippen molar-refractivity contribution in [3.05, 3.63) is 30.1 Å². The molecule has 7 heteroatoms. The van der Waals surface area contributed by atoms with Crippen LogP contribution in [0, 0.1) is 5.82 Å². The number of nitrogens with zero attached hydrogens (tertiary/aromatic N) is 2. The smallest absolute Gasteiger partial charge is 0.211 e. The van der Waals surface area contributed by atoms with Crippen LogP contribution in [0.2, 0.25) is 0 Å². The van der Waals surface area contributed by atoms with Gasteiger partial charge in [-0.2, -0.15) is 0 Å². The first-order valence-corrected chi connectivity index (χ1v) is 9.86. The predicted octanol–water partition coefficient (Wildman–Crippen LogP) is 1.67. The highest BCUT2D eigenvalue weighted by molar-refractivity contribution is 7.89. The van der Waals surface area contributed by atoms with E-state index in [-0.39, 0.29) is 11.6 Å². The Hall–Kier alpha value is -1.18. The predicted molar refractivity (Wildman–Crippen MR) is 91.8 cm³/mol. The van der Waals surface area contributed by atoms with E-state index in [0.29, 0.717) is 25.2 Å². The second kappa shape index (κ2) is 8.61. The summed E-state index contributed by atoms with van der Waals surface area (Å²) in [5, 5.41) is 0. The Bertz CT molecular complexity index is 587. The molecule has 1 N–H and O–H groups in total. The highest BCUT2D eigenvalue weighted by Crippen LogP contribution is 2.19. The number of piperazine rings is 1. The molecule has 23 heavy (non-hydrogen) atoms. The van der Waals surface area contributed by atoms with E-state index in [0.717, 1.165) is 32.6 Å². The zero-order chi connectivity index (χ0) is 16.7. The zero-order valence-corrected chi connectivity index (χ0v) is 14.5. The lowest BCUT2D eigenvalue weighted by Crippen LogP contribution is -2.48. The highest BCUT2D eigenvalue weighted by Gasteiger charge is 2.19. The molecular formula is C16H26FN3O2S. The van der Waals surface area contributed by atoms with E-state index in [1.165, 1.54) is 6.07 Å². The van der Waals surface area contributed by atoms with Crippen LogP contribution in [0.4, 0.5) is 10.1 Å². The number of benzene rings is 1. The van der Waals surface area contributed by atoms with Crippen LogP contribution in [-0.2, 0) is 10.0 Å². The Balaban J connectivity index is 1.72. The van der Waals surface area contributed by atoms with Gasteiger partial charge in [-0.25, -0.2) is 17.5 Å². The minimum atomic E-state index is -3.14. The van der Waals surface area contributed by atoms with E-state index >= 15 is 0 Å². The number of halogens is 1. The quantitative estimate of drug-likeness (QED) is 0.780. The number of nitrogens with one attached hydrogen (secondary N) is 1. The summed E-state index contributed by atoms with van der Waals surface area (Å²) in [6.07, 6.45) is 1.57. The van der Waals surface area contributed by atoms with Crippen molar-refractivity contribution < 1.29 is 12.8 Å². The van der Waals surface area contributed by atoms with E-state index in [9.17, 15) is 12.8 Å². The van der Waals surface area contributed by atoms with E-state index in [2.05, 4.69) is 9.62 Å². The van der Waals surface area contributed by atoms with Crippen LogP contribution in [0.15, 0.2) is 24.3 Å². The molecule has 5 nitrogen and oxygen atoms in total. The molecule has 1 aromatic rings. The fourth-order valence-corrected chi connectivity index (χ4v) is 3.90. The van der Waals surface area contributed by atoms with Gasteiger partial charge in [-0.05, 0) is 18.6 Å². The van der Waals surface area contributed by atoms with Crippen LogP contribution < -0.4 is 9.62 Å². The third-order valence-corrected chi connectivity index (χ3v) is 5.55. The molecule has 0 bridgehead atoms. The number of sulfonamides is 1. The SMILES string of the molecule is CCCCS(=O)(=O)NCCN1CCN(c2ccccc2F)CC1. The standard InChI is InChI=1S/C16H26FN3O2S/c1-2-3-14-23(21,22)18-8-9-19-10-12-20(13-11-19)16-7-5-4-6-15(16)17/h4-7,18H,2-3,8-14H2,1H3. The van der Waals surface area contributed by atoms with Gasteiger partial charge in [-0.15, -0.1) is 0 Å². The minimum Gasteiger partial charge on any atom is -0.367 e. The molecule has 0 radical (unpaired) electrons. The van der Waals surface area contributed by atoms with Crippen LogP contribution in [-0.4, -0.2) is 58.3 Å². The van der Waals surface area contributed by atoms with Gasteiger partial charge in [0.1, 0.15) is 5.82 Å². The molecular weight excluding hydrogens is 317 g/mol. The summed E-state index contributed by atoms with van der Waals surface area (Å²) in [7, 11) is -3.14. The van der Waals surface area contributed by atoms with Crippen molar-refractivity contribution in [3.8, 4) is 0 Å². The molecule has 0 spiro atoms. The molecule has 1 aliphatic heterocycles. The maximum atomic E-state index is 13.8. The van der Waals surface area contributed by atoms with Crippen LogP contribution in [0.5, 0.6) is 0 Å². The van der Waals surface area contributed by atoms with Gasteiger partial charge in [-0.3, -0.25) is 4.90 Å². The first kappa shape index (κ1) is 18.2. The maximum Gasteiger partial charge on any atom is 0.211 e. The summed E-state index contributed by atoms with van der Waals surface area (Å²) < 4.78 is 39.9. The van der Waals surface area contributed by atoms with Crippen molar-refractivity contribution in [2.45, 2.75) is 19.8 Å². The average molecular weight is 343 g/mol. The number of anilines is 1. The number of unbranched alkanes of at least 4 members (excludes halogenated alkanes) is 1. The van der Waals surface area contributed by atoms with Crippen LogP contribution >= 0.6 is 0 Å². The summed E-state index contributed by atoms with van der Waals surface area (Å²) in [5.41, 5.74) is 0.646. The topological polar surface area (TPSA) is 52.7 Å². The highest BCUT2D eigenvalue weighted by atomic mass is 32.2. The summed E-state index contributed by atoms with van der Waals surface area (Å²) in [6, 6.07) is 6.81. The van der Waals surface area contributed by atoms with Gasteiger partial charge in [0.25, 0.3) is 0 Å². The van der Waals surface area contributed by atoms with E-state index in [1.54, 1.807) is 12.1 Å². The fraction of sp³-hybridized carbons (Fsp3) is 0.625. The minimum absolute atomic E-state index is 0.190. The molecule has 1 saturated heterocycles. The van der Waals surface area contributed by atoms with Gasteiger partial charge in [0.2, 0.25) is 10.0 Å². The Labute approximate surface area is 138 Å². The molecule has 130 valence electrons. The molecule has 0 aliphatic carbocycles. The average Bonchev–Trinajstić information content (AvgIpc) is 2.54. The Kier molecular flexibility index (Phi) is 6.80. The first-order chi connectivity index (χ1) is 11.0. The van der Waals surface area contributed by atoms with Crippen LogP contribution in [0.25, 0.3) is 0 Å². The lowest BCUT2D eigenvalue weighted by atomic mass is 10.2. The molecule has 0 amide bonds. The van der Waals surface area contributed by atoms with Gasteiger partial charge in [0, 0.05) is 39.3 Å². The van der Waals surface area contributed by atoms with Crippen molar-refractivity contribution in [1.29, 1.82) is 0 Å². The lowest BCUT2D eigenvalue weighted by molar-refractivity contribution is 0.261.